The van der Waals surface area contributed by atoms with Crippen molar-refractivity contribution in [3.8, 4) is 0 Å². The molecule has 0 amide bonds. The van der Waals surface area contributed by atoms with Crippen molar-refractivity contribution in [2.24, 2.45) is 0 Å². The molecule has 0 N–H and O–H groups in total. The fraction of sp³-hybridized carbons (Fsp3) is 0.235. The van der Waals surface area contributed by atoms with Crippen molar-refractivity contribution in [2.75, 3.05) is 11.4 Å². The number of anilines is 2. The van der Waals surface area contributed by atoms with Crippen molar-refractivity contribution >= 4 is 28.9 Å². The average molecular weight is 283 g/mol. The topological polar surface area (TPSA) is 20.3 Å². The number of ketones is 1. The van der Waals surface area contributed by atoms with Crippen LogP contribution in [0.2, 0.25) is 0 Å². The summed E-state index contributed by atoms with van der Waals surface area (Å²) >= 11 is 1.75. The summed E-state index contributed by atoms with van der Waals surface area (Å²) < 4.78 is 0. The standard InChI is InChI=1S/C17H17NOS/c1-3-10-18-14-6-4-5-7-16(14)20-17-11-13(12(2)19)8-9-15(17)18/h4-9,11H,3,10H2,1-2H3. The zero-order chi connectivity index (χ0) is 14.1. The third-order valence-electron chi connectivity index (χ3n) is 3.48. The van der Waals surface area contributed by atoms with E-state index in [-0.39, 0.29) is 5.78 Å². The number of rotatable bonds is 3. The van der Waals surface area contributed by atoms with Gasteiger partial charge in [0.25, 0.3) is 0 Å². The highest BCUT2D eigenvalue weighted by Gasteiger charge is 2.22. The van der Waals surface area contributed by atoms with Gasteiger partial charge >= 0.3 is 0 Å². The summed E-state index contributed by atoms with van der Waals surface area (Å²) in [7, 11) is 0. The van der Waals surface area contributed by atoms with Crippen LogP contribution in [0.5, 0.6) is 0 Å². The molecule has 0 bridgehead atoms. The molecule has 20 heavy (non-hydrogen) atoms. The van der Waals surface area contributed by atoms with Gasteiger partial charge < -0.3 is 4.90 Å². The molecule has 0 saturated heterocycles. The monoisotopic (exact) mass is 283 g/mol. The Morgan fingerprint density at radius 2 is 1.85 bits per heavy atom. The van der Waals surface area contributed by atoms with Gasteiger partial charge in [0.1, 0.15) is 0 Å². The van der Waals surface area contributed by atoms with Crippen molar-refractivity contribution in [3.05, 3.63) is 48.0 Å². The Balaban J connectivity index is 2.12. The highest BCUT2D eigenvalue weighted by atomic mass is 32.2. The molecule has 0 fully saturated rings. The van der Waals surface area contributed by atoms with E-state index in [2.05, 4.69) is 42.2 Å². The lowest BCUT2D eigenvalue weighted by Crippen LogP contribution is -2.21. The minimum absolute atomic E-state index is 0.120. The molecule has 0 spiro atoms. The van der Waals surface area contributed by atoms with Gasteiger partial charge in [0.15, 0.2) is 5.78 Å². The Labute approximate surface area is 123 Å². The highest BCUT2D eigenvalue weighted by molar-refractivity contribution is 7.99. The van der Waals surface area contributed by atoms with Gasteiger partial charge in [-0.3, -0.25) is 4.79 Å². The SMILES string of the molecule is CCCN1c2ccccc2Sc2cc(C(C)=O)ccc21. The molecule has 2 aromatic rings. The van der Waals surface area contributed by atoms with Crippen molar-refractivity contribution in [1.82, 2.24) is 0 Å². The predicted octanol–water partition coefficient (Wildman–Crippen LogP) is 4.90. The second kappa shape index (κ2) is 5.33. The molecule has 0 saturated carbocycles. The fourth-order valence-electron chi connectivity index (χ4n) is 2.52. The fourth-order valence-corrected chi connectivity index (χ4v) is 3.65. The molecule has 2 nitrogen and oxygen atoms in total. The first kappa shape index (κ1) is 13.3. The normalized spacial score (nSPS) is 12.8. The third kappa shape index (κ3) is 2.22. The van der Waals surface area contributed by atoms with Crippen LogP contribution in [-0.2, 0) is 0 Å². The zero-order valence-corrected chi connectivity index (χ0v) is 12.5. The lowest BCUT2D eigenvalue weighted by Gasteiger charge is -2.32. The van der Waals surface area contributed by atoms with Gasteiger partial charge in [0, 0.05) is 21.9 Å². The number of hydrogen-bond donors (Lipinski definition) is 0. The molecule has 0 aliphatic carbocycles. The summed E-state index contributed by atoms with van der Waals surface area (Å²) in [5.41, 5.74) is 3.26. The Morgan fingerprint density at radius 3 is 2.60 bits per heavy atom. The van der Waals surface area contributed by atoms with E-state index in [9.17, 15) is 4.79 Å². The second-order valence-corrected chi connectivity index (χ2v) is 6.04. The van der Waals surface area contributed by atoms with Gasteiger partial charge in [-0.15, -0.1) is 0 Å². The molecule has 0 aromatic heterocycles. The van der Waals surface area contributed by atoms with E-state index in [1.807, 2.05) is 12.1 Å². The molecule has 1 aliphatic rings. The van der Waals surface area contributed by atoms with E-state index in [1.54, 1.807) is 18.7 Å². The van der Waals surface area contributed by atoms with Gasteiger partial charge in [-0.25, -0.2) is 0 Å². The van der Waals surface area contributed by atoms with Crippen LogP contribution in [0, 0.1) is 0 Å². The number of carbonyl (C=O) groups excluding carboxylic acids is 1. The van der Waals surface area contributed by atoms with Crippen LogP contribution in [0.3, 0.4) is 0 Å². The van der Waals surface area contributed by atoms with Crippen LogP contribution in [0.15, 0.2) is 52.3 Å². The van der Waals surface area contributed by atoms with E-state index < -0.39 is 0 Å². The molecule has 0 radical (unpaired) electrons. The first-order valence-electron chi connectivity index (χ1n) is 6.90. The largest absolute Gasteiger partial charge is 0.340 e. The van der Waals surface area contributed by atoms with Gasteiger partial charge in [-0.1, -0.05) is 30.8 Å². The Bertz CT molecular complexity index is 666. The lowest BCUT2D eigenvalue weighted by molar-refractivity contribution is 0.101. The van der Waals surface area contributed by atoms with Crippen molar-refractivity contribution in [3.63, 3.8) is 0 Å². The van der Waals surface area contributed by atoms with Crippen LogP contribution >= 0.6 is 11.8 Å². The van der Waals surface area contributed by atoms with Crippen molar-refractivity contribution in [2.45, 2.75) is 30.1 Å². The number of carbonyl (C=O) groups is 1. The maximum atomic E-state index is 11.6. The number of Topliss-reactive ketones (excluding diaryl/α,β-unsaturated/α-hetero) is 1. The van der Waals surface area contributed by atoms with Gasteiger partial charge in [0.2, 0.25) is 0 Å². The maximum Gasteiger partial charge on any atom is 0.159 e. The predicted molar refractivity (Wildman–Crippen MR) is 84.3 cm³/mol. The van der Waals surface area contributed by atoms with Crippen LogP contribution in [0.1, 0.15) is 30.6 Å². The van der Waals surface area contributed by atoms with E-state index >= 15 is 0 Å². The van der Waals surface area contributed by atoms with E-state index in [0.717, 1.165) is 18.5 Å². The van der Waals surface area contributed by atoms with Crippen LogP contribution < -0.4 is 4.90 Å². The number of hydrogen-bond acceptors (Lipinski definition) is 3. The summed E-state index contributed by atoms with van der Waals surface area (Å²) in [5, 5.41) is 0. The van der Waals surface area contributed by atoms with Crippen LogP contribution in [0.4, 0.5) is 11.4 Å². The summed E-state index contributed by atoms with van der Waals surface area (Å²) in [6.45, 7) is 4.80. The summed E-state index contributed by atoms with van der Waals surface area (Å²) in [5.74, 6) is 0.120. The smallest absolute Gasteiger partial charge is 0.159 e. The summed E-state index contributed by atoms with van der Waals surface area (Å²) in [6.07, 6.45) is 1.09. The van der Waals surface area contributed by atoms with E-state index in [1.165, 1.54) is 21.2 Å². The lowest BCUT2D eigenvalue weighted by atomic mass is 10.1. The molecule has 102 valence electrons. The minimum Gasteiger partial charge on any atom is -0.340 e. The third-order valence-corrected chi connectivity index (χ3v) is 4.59. The Hall–Kier alpha value is -1.74. The minimum atomic E-state index is 0.120. The first-order chi connectivity index (χ1) is 9.70. The number of para-hydroxylation sites is 1. The van der Waals surface area contributed by atoms with Crippen molar-refractivity contribution in [1.29, 1.82) is 0 Å². The molecule has 0 atom stereocenters. The molecule has 1 aliphatic heterocycles. The zero-order valence-electron chi connectivity index (χ0n) is 11.7. The van der Waals surface area contributed by atoms with E-state index in [4.69, 9.17) is 0 Å². The Kier molecular flexibility index (Phi) is 3.53. The Morgan fingerprint density at radius 1 is 1.10 bits per heavy atom. The first-order valence-corrected chi connectivity index (χ1v) is 7.71. The molecule has 2 aromatic carbocycles. The summed E-state index contributed by atoms with van der Waals surface area (Å²) in [6, 6.07) is 14.5. The summed E-state index contributed by atoms with van der Waals surface area (Å²) in [4.78, 5) is 16.3. The molecular weight excluding hydrogens is 266 g/mol. The van der Waals surface area contributed by atoms with Crippen molar-refractivity contribution < 1.29 is 4.79 Å². The van der Waals surface area contributed by atoms with Gasteiger partial charge in [0.05, 0.1) is 11.4 Å². The quantitative estimate of drug-likeness (QED) is 0.747. The number of nitrogens with zero attached hydrogens (tertiary/aromatic N) is 1. The number of benzene rings is 2. The van der Waals surface area contributed by atoms with E-state index in [0.29, 0.717) is 0 Å². The van der Waals surface area contributed by atoms with Gasteiger partial charge in [-0.2, -0.15) is 0 Å². The van der Waals surface area contributed by atoms with Crippen LogP contribution in [-0.4, -0.2) is 12.3 Å². The number of fused-ring (bicyclic) bond motifs is 2. The molecule has 3 heteroatoms. The van der Waals surface area contributed by atoms with Gasteiger partial charge in [-0.05, 0) is 43.7 Å². The average Bonchev–Trinajstić information content (AvgIpc) is 2.46. The molecular formula is C17H17NOS. The van der Waals surface area contributed by atoms with Crippen LogP contribution in [0.25, 0.3) is 0 Å². The highest BCUT2D eigenvalue weighted by Crippen LogP contribution is 2.48. The molecule has 0 unspecified atom stereocenters. The second-order valence-electron chi connectivity index (χ2n) is 4.96. The molecule has 1 heterocycles. The maximum absolute atomic E-state index is 11.6. The molecule has 3 rings (SSSR count).